The lowest BCUT2D eigenvalue weighted by atomic mass is 10.0. The zero-order valence-electron chi connectivity index (χ0n) is 14.1. The van der Waals surface area contributed by atoms with Crippen molar-refractivity contribution in [1.82, 2.24) is 0 Å². The van der Waals surface area contributed by atoms with Crippen molar-refractivity contribution >= 4 is 40.0 Å². The predicted octanol–water partition coefficient (Wildman–Crippen LogP) is 5.41. The van der Waals surface area contributed by atoms with Gasteiger partial charge in [0.05, 0.1) is 36.8 Å². The van der Waals surface area contributed by atoms with Crippen LogP contribution >= 0.6 is 22.6 Å². The molecule has 0 unspecified atom stereocenters. The second kappa shape index (κ2) is 9.06. The molecule has 0 fully saturated rings. The summed E-state index contributed by atoms with van der Waals surface area (Å²) in [4.78, 5) is 15.2. The number of hydrogen-bond acceptors (Lipinski definition) is 4. The Morgan fingerprint density at radius 3 is 2.29 bits per heavy atom. The highest BCUT2D eigenvalue weighted by Crippen LogP contribution is 2.48. The minimum absolute atomic E-state index is 0.0787. The number of benzene rings is 1. The monoisotopic (exact) mass is 524 g/mol. The van der Waals surface area contributed by atoms with E-state index < -0.39 is 42.5 Å². The Labute approximate surface area is 168 Å². The average molecular weight is 524 g/mol. The van der Waals surface area contributed by atoms with Crippen LogP contribution in [-0.4, -0.2) is 36.3 Å². The number of nitrogens with zero attached hydrogens (tertiary/aromatic N) is 2. The van der Waals surface area contributed by atoms with E-state index in [1.165, 1.54) is 25.1 Å². The number of esters is 1. The van der Waals surface area contributed by atoms with E-state index in [2.05, 4.69) is 9.73 Å². The zero-order chi connectivity index (χ0) is 21.8. The fourth-order valence-electron chi connectivity index (χ4n) is 1.93. The molecule has 0 spiro atoms. The normalized spacial score (nSPS) is 13.2. The molecular formula is C16H12F7IN2O2. The minimum Gasteiger partial charge on any atom is -0.466 e. The van der Waals surface area contributed by atoms with Gasteiger partial charge < -0.3 is 4.74 Å². The molecule has 0 saturated heterocycles. The summed E-state index contributed by atoms with van der Waals surface area (Å²) in [6, 6.07) is 5.52. The van der Waals surface area contributed by atoms with E-state index >= 15 is 0 Å². The molecule has 0 aromatic heterocycles. The van der Waals surface area contributed by atoms with Gasteiger partial charge in [0.2, 0.25) is 0 Å². The number of halogens is 8. The maximum absolute atomic E-state index is 13.8. The molecular weight excluding hydrogens is 512 g/mol. The van der Waals surface area contributed by atoms with Gasteiger partial charge in [-0.2, -0.15) is 36.0 Å². The molecule has 0 N–H and O–H groups in total. The lowest BCUT2D eigenvalue weighted by Gasteiger charge is -2.28. The number of ether oxygens (including phenoxy) is 1. The van der Waals surface area contributed by atoms with Crippen LogP contribution in [0.2, 0.25) is 0 Å². The fraction of sp³-hybridized carbons (Fsp3) is 0.438. The topological polar surface area (TPSA) is 62.4 Å². The number of nitriles is 1. The van der Waals surface area contributed by atoms with Crippen LogP contribution in [0.15, 0.2) is 23.2 Å². The summed E-state index contributed by atoms with van der Waals surface area (Å²) in [7, 11) is 0. The van der Waals surface area contributed by atoms with Crippen LogP contribution in [-0.2, 0) is 9.53 Å². The first kappa shape index (κ1) is 24.1. The molecule has 4 nitrogen and oxygen atoms in total. The van der Waals surface area contributed by atoms with Gasteiger partial charge in [0, 0.05) is 9.28 Å². The zero-order valence-corrected chi connectivity index (χ0v) is 16.2. The first-order valence-corrected chi connectivity index (χ1v) is 8.57. The summed E-state index contributed by atoms with van der Waals surface area (Å²) in [6.45, 7) is 1.24. The number of hydrogen-bond donors (Lipinski definition) is 0. The SMILES string of the molecule is CCOC(=O)CC(CC(F)(F)C(F)(F)C(F)(F)F)=Nc1ccc(C#N)cc1I. The Hall–Kier alpha value is -1.91. The van der Waals surface area contributed by atoms with Gasteiger partial charge in [0.15, 0.2) is 0 Å². The van der Waals surface area contributed by atoms with Gasteiger partial charge in [0.1, 0.15) is 0 Å². The van der Waals surface area contributed by atoms with Crippen molar-refractivity contribution in [2.75, 3.05) is 6.61 Å². The third-order valence-electron chi connectivity index (χ3n) is 3.25. The van der Waals surface area contributed by atoms with E-state index in [1.54, 1.807) is 28.7 Å². The Balaban J connectivity index is 3.34. The number of rotatable bonds is 7. The predicted molar refractivity (Wildman–Crippen MR) is 92.8 cm³/mol. The van der Waals surface area contributed by atoms with Crippen molar-refractivity contribution in [1.29, 1.82) is 5.26 Å². The van der Waals surface area contributed by atoms with Gasteiger partial charge in [-0.05, 0) is 47.7 Å². The van der Waals surface area contributed by atoms with E-state index in [0.29, 0.717) is 0 Å². The van der Waals surface area contributed by atoms with E-state index in [0.717, 1.165) is 0 Å². The highest BCUT2D eigenvalue weighted by atomic mass is 127. The Morgan fingerprint density at radius 2 is 1.82 bits per heavy atom. The van der Waals surface area contributed by atoms with Crippen LogP contribution in [0, 0.1) is 14.9 Å². The van der Waals surface area contributed by atoms with E-state index in [4.69, 9.17) is 5.26 Å². The molecule has 1 aromatic carbocycles. The van der Waals surface area contributed by atoms with Crippen LogP contribution in [0.25, 0.3) is 0 Å². The molecule has 0 bridgehead atoms. The molecule has 154 valence electrons. The van der Waals surface area contributed by atoms with Gasteiger partial charge in [-0.1, -0.05) is 0 Å². The second-order valence-corrected chi connectivity index (χ2v) is 6.55. The molecule has 28 heavy (non-hydrogen) atoms. The Morgan fingerprint density at radius 1 is 1.21 bits per heavy atom. The number of aliphatic imine (C=N–C) groups is 1. The van der Waals surface area contributed by atoms with Crippen molar-refractivity contribution in [3.05, 3.63) is 27.3 Å². The number of carbonyl (C=O) groups is 1. The Kier molecular flexibility index (Phi) is 7.81. The lowest BCUT2D eigenvalue weighted by molar-refractivity contribution is -0.352. The van der Waals surface area contributed by atoms with Crippen molar-refractivity contribution in [3.63, 3.8) is 0 Å². The van der Waals surface area contributed by atoms with Crippen molar-refractivity contribution < 1.29 is 40.3 Å². The molecule has 1 rings (SSSR count). The maximum Gasteiger partial charge on any atom is 0.459 e. The van der Waals surface area contributed by atoms with Crippen LogP contribution in [0.4, 0.5) is 36.4 Å². The standard InChI is InChI=1S/C16H12F7IN2O2/c1-2-28-13(27)6-10(7-14(17,18)15(19,20)16(21,22)23)26-12-4-3-9(8-25)5-11(12)24/h3-5H,2,6-7H2,1H3. The molecule has 0 heterocycles. The highest BCUT2D eigenvalue weighted by molar-refractivity contribution is 14.1. The molecule has 12 heteroatoms. The molecule has 0 aliphatic heterocycles. The third kappa shape index (κ3) is 5.79. The molecule has 0 aliphatic rings. The van der Waals surface area contributed by atoms with Crippen LogP contribution in [0.1, 0.15) is 25.3 Å². The largest absolute Gasteiger partial charge is 0.466 e. The van der Waals surface area contributed by atoms with E-state index in [9.17, 15) is 35.5 Å². The fourth-order valence-corrected chi connectivity index (χ4v) is 2.57. The van der Waals surface area contributed by atoms with Gasteiger partial charge in [-0.3, -0.25) is 9.79 Å². The summed E-state index contributed by atoms with van der Waals surface area (Å²) in [5, 5.41) is 8.79. The summed E-state index contributed by atoms with van der Waals surface area (Å²) in [5.41, 5.74) is -0.816. The van der Waals surface area contributed by atoms with Gasteiger partial charge in [-0.25, -0.2) is 0 Å². The van der Waals surface area contributed by atoms with Crippen LogP contribution < -0.4 is 0 Å². The second-order valence-electron chi connectivity index (χ2n) is 5.39. The smallest absolute Gasteiger partial charge is 0.459 e. The van der Waals surface area contributed by atoms with E-state index in [-0.39, 0.29) is 21.4 Å². The molecule has 0 aliphatic carbocycles. The van der Waals surface area contributed by atoms with Crippen molar-refractivity contribution in [2.24, 2.45) is 4.99 Å². The maximum atomic E-state index is 13.8. The molecule has 0 saturated carbocycles. The molecule has 0 atom stereocenters. The average Bonchev–Trinajstić information content (AvgIpc) is 2.55. The molecule has 0 radical (unpaired) electrons. The summed E-state index contributed by atoms with van der Waals surface area (Å²) < 4.78 is 95.7. The molecule has 0 amide bonds. The lowest BCUT2D eigenvalue weighted by Crippen LogP contribution is -2.52. The highest BCUT2D eigenvalue weighted by Gasteiger charge is 2.72. The van der Waals surface area contributed by atoms with Crippen LogP contribution in [0.3, 0.4) is 0 Å². The van der Waals surface area contributed by atoms with Crippen molar-refractivity contribution in [3.8, 4) is 6.07 Å². The van der Waals surface area contributed by atoms with Crippen LogP contribution in [0.5, 0.6) is 0 Å². The quantitative estimate of drug-likeness (QED) is 0.208. The number of carbonyl (C=O) groups excluding carboxylic acids is 1. The first-order valence-electron chi connectivity index (χ1n) is 7.49. The third-order valence-corrected chi connectivity index (χ3v) is 4.11. The van der Waals surface area contributed by atoms with E-state index in [1.807, 2.05) is 0 Å². The summed E-state index contributed by atoms with van der Waals surface area (Å²) >= 11 is 1.67. The first-order chi connectivity index (χ1) is 12.7. The summed E-state index contributed by atoms with van der Waals surface area (Å²) in [5.74, 6) is -13.0. The van der Waals surface area contributed by atoms with Gasteiger partial charge >= 0.3 is 24.0 Å². The number of alkyl halides is 7. The van der Waals surface area contributed by atoms with Crippen molar-refractivity contribution in [2.45, 2.75) is 37.8 Å². The summed E-state index contributed by atoms with van der Waals surface area (Å²) in [6.07, 6.45) is -9.61. The molecule has 1 aromatic rings. The minimum atomic E-state index is -6.49. The van der Waals surface area contributed by atoms with Gasteiger partial charge in [0.25, 0.3) is 0 Å². The van der Waals surface area contributed by atoms with Gasteiger partial charge in [-0.15, -0.1) is 0 Å². The Bertz CT molecular complexity index is 801.